The summed E-state index contributed by atoms with van der Waals surface area (Å²) in [6.07, 6.45) is 0. The molecule has 9 heavy (non-hydrogen) atoms. The fourth-order valence-electron chi connectivity index (χ4n) is 0.891. The first-order chi connectivity index (χ1) is 4.20. The van der Waals surface area contributed by atoms with Gasteiger partial charge in [-0.15, -0.1) is 0 Å². The summed E-state index contributed by atoms with van der Waals surface area (Å²) in [5.74, 6) is 0. The molecule has 0 fully saturated rings. The summed E-state index contributed by atoms with van der Waals surface area (Å²) in [7, 11) is 1.17. The minimum absolute atomic E-state index is 1.17. The summed E-state index contributed by atoms with van der Waals surface area (Å²) in [5.41, 5.74) is 2.81. The monoisotopic (exact) mass is 136 g/mol. The van der Waals surface area contributed by atoms with Gasteiger partial charge in [0, 0.05) is 10.2 Å². The van der Waals surface area contributed by atoms with Crippen LogP contribution in [-0.4, -0.2) is 10.2 Å². The molecule has 0 atom stereocenters. The van der Waals surface area contributed by atoms with Gasteiger partial charge in [-0.1, -0.05) is 34.5 Å². The van der Waals surface area contributed by atoms with Gasteiger partial charge in [0.05, 0.1) is 0 Å². The summed E-state index contributed by atoms with van der Waals surface area (Å²) in [6.45, 7) is 4.31. The number of hydrogen-bond donors (Lipinski definition) is 0. The Balaban J connectivity index is 3.17. The van der Waals surface area contributed by atoms with E-state index in [4.69, 9.17) is 0 Å². The Kier molecular flexibility index (Phi) is 1.72. The molecule has 0 nitrogen and oxygen atoms in total. The van der Waals surface area contributed by atoms with Crippen LogP contribution in [0.1, 0.15) is 11.1 Å². The maximum absolute atomic E-state index is 2.24. The maximum Gasteiger partial charge on any atom is 0.0388 e. The lowest BCUT2D eigenvalue weighted by Crippen LogP contribution is -2.05. The van der Waals surface area contributed by atoms with Crippen molar-refractivity contribution >= 4 is 15.4 Å². The van der Waals surface area contributed by atoms with Crippen LogP contribution in [0.5, 0.6) is 0 Å². The number of rotatable bonds is 0. The highest BCUT2D eigenvalue weighted by Gasteiger charge is 1.88. The van der Waals surface area contributed by atoms with Crippen molar-refractivity contribution in [1.29, 1.82) is 0 Å². The zero-order chi connectivity index (χ0) is 6.85. The van der Waals surface area contributed by atoms with Crippen molar-refractivity contribution in [3.05, 3.63) is 29.3 Å². The zero-order valence-corrected chi connectivity index (χ0v) is 8.23. The standard InChI is InChI=1S/C8H12Si/c1-6-3-4-8(9)7(2)5-6/h3-5H,1-2,9H3. The molecular weight excluding hydrogens is 124 g/mol. The topological polar surface area (TPSA) is 0 Å². The molecule has 0 bridgehead atoms. The molecule has 0 saturated carbocycles. The molecule has 0 aromatic heterocycles. The summed E-state index contributed by atoms with van der Waals surface area (Å²) in [4.78, 5) is 0. The fraction of sp³-hybridized carbons (Fsp3) is 0.250. The smallest absolute Gasteiger partial charge is 0.0388 e. The van der Waals surface area contributed by atoms with E-state index in [9.17, 15) is 0 Å². The normalized spacial score (nSPS) is 10.0. The lowest BCUT2D eigenvalue weighted by atomic mass is 10.2. The molecule has 0 spiro atoms. The van der Waals surface area contributed by atoms with E-state index < -0.39 is 0 Å². The Morgan fingerprint density at radius 1 is 1.22 bits per heavy atom. The van der Waals surface area contributed by atoms with E-state index >= 15 is 0 Å². The molecule has 1 rings (SSSR count). The van der Waals surface area contributed by atoms with Crippen molar-refractivity contribution in [1.82, 2.24) is 0 Å². The average molecular weight is 136 g/mol. The Morgan fingerprint density at radius 3 is 2.33 bits per heavy atom. The van der Waals surface area contributed by atoms with Gasteiger partial charge in [0.1, 0.15) is 0 Å². The van der Waals surface area contributed by atoms with Crippen LogP contribution >= 0.6 is 0 Å². The Hall–Kier alpha value is -0.563. The molecule has 0 saturated heterocycles. The molecular formula is C8H12Si. The molecule has 0 aliphatic rings. The van der Waals surface area contributed by atoms with Crippen molar-refractivity contribution in [2.45, 2.75) is 13.8 Å². The Labute approximate surface area is 59.3 Å². The second-order valence-corrected chi connectivity index (χ2v) is 3.67. The molecule has 0 N–H and O–H groups in total. The van der Waals surface area contributed by atoms with Crippen molar-refractivity contribution in [2.75, 3.05) is 0 Å². The third kappa shape index (κ3) is 1.42. The van der Waals surface area contributed by atoms with E-state index in [1.165, 1.54) is 26.6 Å². The molecule has 0 radical (unpaired) electrons. The second kappa shape index (κ2) is 2.36. The third-order valence-corrected chi connectivity index (χ3v) is 2.78. The maximum atomic E-state index is 2.24. The van der Waals surface area contributed by atoms with Crippen LogP contribution in [0.25, 0.3) is 0 Å². The minimum Gasteiger partial charge on any atom is -0.0679 e. The van der Waals surface area contributed by atoms with Gasteiger partial charge in [0.15, 0.2) is 0 Å². The van der Waals surface area contributed by atoms with Gasteiger partial charge < -0.3 is 0 Å². The van der Waals surface area contributed by atoms with Crippen molar-refractivity contribution < 1.29 is 0 Å². The van der Waals surface area contributed by atoms with Crippen LogP contribution in [-0.2, 0) is 0 Å². The van der Waals surface area contributed by atoms with Crippen molar-refractivity contribution in [3.8, 4) is 0 Å². The molecule has 0 unspecified atom stereocenters. The molecule has 0 heterocycles. The Morgan fingerprint density at radius 2 is 1.89 bits per heavy atom. The first-order valence-corrected chi connectivity index (χ1v) is 4.24. The van der Waals surface area contributed by atoms with Crippen LogP contribution < -0.4 is 5.19 Å². The molecule has 1 aromatic carbocycles. The van der Waals surface area contributed by atoms with Gasteiger partial charge >= 0.3 is 0 Å². The lowest BCUT2D eigenvalue weighted by molar-refractivity contribution is 1.41. The predicted molar refractivity (Wildman–Crippen MR) is 45.5 cm³/mol. The highest BCUT2D eigenvalue weighted by atomic mass is 28.1. The average Bonchev–Trinajstić information content (AvgIpc) is 1.80. The highest BCUT2D eigenvalue weighted by molar-refractivity contribution is 6.33. The molecule has 1 aromatic rings. The fourth-order valence-corrected chi connectivity index (χ4v) is 1.20. The van der Waals surface area contributed by atoms with Crippen LogP contribution in [0.4, 0.5) is 0 Å². The first-order valence-electron chi connectivity index (χ1n) is 3.24. The molecule has 0 aliphatic heterocycles. The van der Waals surface area contributed by atoms with E-state index in [2.05, 4.69) is 32.0 Å². The summed E-state index contributed by atoms with van der Waals surface area (Å²) >= 11 is 0. The lowest BCUT2D eigenvalue weighted by Gasteiger charge is -1.98. The largest absolute Gasteiger partial charge is 0.0679 e. The van der Waals surface area contributed by atoms with Gasteiger partial charge in [-0.3, -0.25) is 0 Å². The van der Waals surface area contributed by atoms with Gasteiger partial charge in [-0.05, 0) is 13.8 Å². The Bertz CT molecular complexity index is 216. The van der Waals surface area contributed by atoms with E-state index in [1.54, 1.807) is 0 Å². The van der Waals surface area contributed by atoms with Crippen molar-refractivity contribution in [3.63, 3.8) is 0 Å². The van der Waals surface area contributed by atoms with Crippen LogP contribution in [0.15, 0.2) is 18.2 Å². The van der Waals surface area contributed by atoms with E-state index in [1.807, 2.05) is 0 Å². The van der Waals surface area contributed by atoms with E-state index in [0.717, 1.165) is 0 Å². The van der Waals surface area contributed by atoms with Gasteiger partial charge in [0.25, 0.3) is 0 Å². The minimum atomic E-state index is 1.17. The molecule has 1 heteroatoms. The number of hydrogen-bond acceptors (Lipinski definition) is 0. The van der Waals surface area contributed by atoms with Crippen LogP contribution in [0, 0.1) is 13.8 Å². The third-order valence-electron chi connectivity index (χ3n) is 1.66. The van der Waals surface area contributed by atoms with Crippen LogP contribution in [0.2, 0.25) is 0 Å². The summed E-state index contributed by atoms with van der Waals surface area (Å²) < 4.78 is 0. The van der Waals surface area contributed by atoms with Gasteiger partial charge in [-0.25, -0.2) is 0 Å². The first kappa shape index (κ1) is 6.56. The second-order valence-electron chi connectivity index (χ2n) is 2.59. The van der Waals surface area contributed by atoms with E-state index in [-0.39, 0.29) is 0 Å². The molecule has 48 valence electrons. The number of benzene rings is 1. The summed E-state index contributed by atoms with van der Waals surface area (Å²) in [5, 5.41) is 1.51. The highest BCUT2D eigenvalue weighted by Crippen LogP contribution is 1.97. The predicted octanol–water partition coefficient (Wildman–Crippen LogP) is 0.294. The summed E-state index contributed by atoms with van der Waals surface area (Å²) in [6, 6.07) is 6.63. The van der Waals surface area contributed by atoms with Gasteiger partial charge in [0.2, 0.25) is 0 Å². The SMILES string of the molecule is Cc1ccc([SiH3])c(C)c1. The number of aryl methyl sites for hydroxylation is 2. The molecule has 0 amide bonds. The van der Waals surface area contributed by atoms with Crippen LogP contribution in [0.3, 0.4) is 0 Å². The van der Waals surface area contributed by atoms with Crippen molar-refractivity contribution in [2.24, 2.45) is 0 Å². The van der Waals surface area contributed by atoms with Gasteiger partial charge in [-0.2, -0.15) is 0 Å². The molecule has 0 aliphatic carbocycles. The van der Waals surface area contributed by atoms with E-state index in [0.29, 0.717) is 0 Å². The zero-order valence-electron chi connectivity index (χ0n) is 6.23. The quantitative estimate of drug-likeness (QED) is 0.450.